The molecule has 0 radical (unpaired) electrons. The number of anilines is 2. The molecule has 0 atom stereocenters. The fraction of sp³-hybridized carbons (Fsp3) is 0.179. The number of para-hydroxylation sites is 1. The molecular weight excluding hydrogens is 528 g/mol. The number of hydrogen-bond donors (Lipinski definition) is 0. The van der Waals surface area contributed by atoms with Gasteiger partial charge in [0.2, 0.25) is 5.91 Å². The quantitative estimate of drug-likeness (QED) is 0.232. The van der Waals surface area contributed by atoms with Gasteiger partial charge in [-0.05, 0) is 60.4 Å². The standard InChI is InChI=1S/C28H23ClN2O2S3/c1-2-18-9-11-19(12-10-18)16-25-27(33)30(28(34)36-25)15-5-8-26(32)31-21-6-3-4-7-23(21)35-24-14-13-20(29)17-22(24)31/h3-4,6-7,9-14,16-17H,2,5,8,15H2,1H3/b25-16-. The molecule has 2 amide bonds. The molecule has 1 fully saturated rings. The maximum Gasteiger partial charge on any atom is 0.266 e. The van der Waals surface area contributed by atoms with Gasteiger partial charge in [0.05, 0.1) is 16.3 Å². The maximum atomic E-state index is 13.5. The van der Waals surface area contributed by atoms with Crippen LogP contribution in [-0.2, 0) is 16.0 Å². The van der Waals surface area contributed by atoms with Crippen molar-refractivity contribution in [1.29, 1.82) is 0 Å². The number of hydrogen-bond acceptors (Lipinski definition) is 5. The number of nitrogens with zero attached hydrogens (tertiary/aromatic N) is 2. The van der Waals surface area contributed by atoms with Gasteiger partial charge in [0, 0.05) is 27.8 Å². The highest BCUT2D eigenvalue weighted by Gasteiger charge is 2.32. The molecule has 2 aliphatic rings. The molecule has 0 aliphatic carbocycles. The van der Waals surface area contributed by atoms with Crippen LogP contribution < -0.4 is 4.90 Å². The van der Waals surface area contributed by atoms with Crippen molar-refractivity contribution in [2.75, 3.05) is 11.4 Å². The average molecular weight is 551 g/mol. The number of thiocarbonyl (C=S) groups is 1. The number of halogens is 1. The van der Waals surface area contributed by atoms with Crippen molar-refractivity contribution in [2.24, 2.45) is 0 Å². The van der Waals surface area contributed by atoms with Crippen LogP contribution in [0.4, 0.5) is 11.4 Å². The first-order chi connectivity index (χ1) is 17.4. The number of benzene rings is 3. The average Bonchev–Trinajstić information content (AvgIpc) is 3.15. The smallest absolute Gasteiger partial charge is 0.266 e. The number of carbonyl (C=O) groups excluding carboxylic acids is 2. The topological polar surface area (TPSA) is 40.6 Å². The number of amides is 2. The first-order valence-corrected chi connectivity index (χ1v) is 14.1. The lowest BCUT2D eigenvalue weighted by atomic mass is 10.1. The second-order valence-electron chi connectivity index (χ2n) is 8.44. The van der Waals surface area contributed by atoms with Gasteiger partial charge in [0.15, 0.2) is 0 Å². The largest absolute Gasteiger partial charge is 0.293 e. The molecule has 0 saturated carbocycles. The minimum absolute atomic E-state index is 0.0386. The van der Waals surface area contributed by atoms with Crippen molar-refractivity contribution in [3.05, 3.63) is 87.8 Å². The molecule has 0 unspecified atom stereocenters. The lowest BCUT2D eigenvalue weighted by Gasteiger charge is -2.31. The van der Waals surface area contributed by atoms with E-state index in [0.717, 1.165) is 33.2 Å². The first-order valence-electron chi connectivity index (χ1n) is 11.7. The molecule has 0 N–H and O–H groups in total. The Bertz CT molecular complexity index is 1390. The summed E-state index contributed by atoms with van der Waals surface area (Å²) in [6.45, 7) is 2.51. The SMILES string of the molecule is CCc1ccc(/C=C2\SC(=S)N(CCCC(=O)N3c4ccccc4Sc4ccc(Cl)cc43)C2=O)cc1. The maximum absolute atomic E-state index is 13.5. The normalized spacial score (nSPS) is 15.9. The molecule has 36 heavy (non-hydrogen) atoms. The summed E-state index contributed by atoms with van der Waals surface area (Å²) < 4.78 is 0.528. The van der Waals surface area contributed by atoms with E-state index >= 15 is 0 Å². The zero-order valence-electron chi connectivity index (χ0n) is 19.6. The minimum Gasteiger partial charge on any atom is -0.293 e. The Kier molecular flexibility index (Phi) is 7.53. The lowest BCUT2D eigenvalue weighted by Crippen LogP contribution is -2.32. The van der Waals surface area contributed by atoms with Gasteiger partial charge in [-0.15, -0.1) is 0 Å². The zero-order chi connectivity index (χ0) is 25.2. The van der Waals surface area contributed by atoms with E-state index in [2.05, 4.69) is 19.1 Å². The highest BCUT2D eigenvalue weighted by molar-refractivity contribution is 8.26. The molecule has 0 bridgehead atoms. The Balaban J connectivity index is 1.27. The van der Waals surface area contributed by atoms with E-state index in [1.54, 1.807) is 21.6 Å². The minimum atomic E-state index is -0.103. The Morgan fingerprint density at radius 2 is 1.75 bits per heavy atom. The molecular formula is C28H23ClN2O2S3. The van der Waals surface area contributed by atoms with Gasteiger partial charge >= 0.3 is 0 Å². The van der Waals surface area contributed by atoms with Gasteiger partial charge in [-0.25, -0.2) is 0 Å². The zero-order valence-corrected chi connectivity index (χ0v) is 22.8. The molecule has 3 aromatic carbocycles. The van der Waals surface area contributed by atoms with Crippen LogP contribution in [0.15, 0.2) is 81.4 Å². The van der Waals surface area contributed by atoms with Crippen LogP contribution in [-0.4, -0.2) is 27.6 Å². The van der Waals surface area contributed by atoms with E-state index in [4.69, 9.17) is 23.8 Å². The molecule has 1 saturated heterocycles. The highest BCUT2D eigenvalue weighted by Crippen LogP contribution is 2.49. The van der Waals surface area contributed by atoms with Crippen molar-refractivity contribution in [3.8, 4) is 0 Å². The molecule has 8 heteroatoms. The van der Waals surface area contributed by atoms with Crippen LogP contribution in [0.1, 0.15) is 30.9 Å². The van der Waals surface area contributed by atoms with Gasteiger partial charge in [-0.1, -0.05) is 90.7 Å². The summed E-state index contributed by atoms with van der Waals surface area (Å²) in [5, 5.41) is 0.584. The van der Waals surface area contributed by atoms with E-state index < -0.39 is 0 Å². The van der Waals surface area contributed by atoms with E-state index in [1.807, 2.05) is 60.7 Å². The van der Waals surface area contributed by atoms with Gasteiger partial charge in [0.1, 0.15) is 4.32 Å². The summed E-state index contributed by atoms with van der Waals surface area (Å²) in [4.78, 5) is 32.4. The molecule has 182 valence electrons. The number of fused-ring (bicyclic) bond motifs is 2. The number of carbonyl (C=O) groups is 2. The van der Waals surface area contributed by atoms with Gasteiger partial charge < -0.3 is 0 Å². The Labute approximate surface area is 229 Å². The molecule has 0 aromatic heterocycles. The summed E-state index contributed by atoms with van der Waals surface area (Å²) in [6, 6.07) is 21.6. The van der Waals surface area contributed by atoms with Crippen LogP contribution >= 0.6 is 47.3 Å². The van der Waals surface area contributed by atoms with Crippen molar-refractivity contribution in [3.63, 3.8) is 0 Å². The number of aryl methyl sites for hydroxylation is 1. The van der Waals surface area contributed by atoms with Crippen molar-refractivity contribution in [2.45, 2.75) is 36.0 Å². The van der Waals surface area contributed by atoms with Crippen LogP contribution in [0, 0.1) is 0 Å². The second kappa shape index (κ2) is 10.8. The van der Waals surface area contributed by atoms with Crippen LogP contribution in [0.3, 0.4) is 0 Å². The van der Waals surface area contributed by atoms with Crippen LogP contribution in [0.25, 0.3) is 6.08 Å². The Morgan fingerprint density at radius 3 is 2.53 bits per heavy atom. The second-order valence-corrected chi connectivity index (χ2v) is 11.6. The third-order valence-electron chi connectivity index (χ3n) is 6.07. The number of thioether (sulfide) groups is 1. The first kappa shape index (κ1) is 25.1. The highest BCUT2D eigenvalue weighted by atomic mass is 35.5. The Morgan fingerprint density at radius 1 is 1.00 bits per heavy atom. The number of rotatable bonds is 6. The van der Waals surface area contributed by atoms with Crippen molar-refractivity contribution < 1.29 is 9.59 Å². The van der Waals surface area contributed by atoms with Crippen LogP contribution in [0.5, 0.6) is 0 Å². The Hall–Kier alpha value is -2.58. The van der Waals surface area contributed by atoms with Gasteiger partial charge in [-0.3, -0.25) is 19.4 Å². The summed E-state index contributed by atoms with van der Waals surface area (Å²) in [6.07, 6.45) is 3.64. The third-order valence-corrected chi connectivity index (χ3v) is 8.81. The molecule has 2 aliphatic heterocycles. The summed E-state index contributed by atoms with van der Waals surface area (Å²) in [5.41, 5.74) is 3.87. The van der Waals surface area contributed by atoms with Crippen LogP contribution in [0.2, 0.25) is 5.02 Å². The predicted molar refractivity (Wildman–Crippen MR) is 154 cm³/mol. The third kappa shape index (κ3) is 5.11. The van der Waals surface area contributed by atoms with E-state index in [9.17, 15) is 9.59 Å². The monoisotopic (exact) mass is 550 g/mol. The van der Waals surface area contributed by atoms with Crippen molar-refractivity contribution >= 4 is 80.9 Å². The fourth-order valence-electron chi connectivity index (χ4n) is 4.19. The molecule has 4 nitrogen and oxygen atoms in total. The molecule has 0 spiro atoms. The van der Waals surface area contributed by atoms with E-state index in [1.165, 1.54) is 17.3 Å². The van der Waals surface area contributed by atoms with Gasteiger partial charge in [0.25, 0.3) is 5.91 Å². The summed E-state index contributed by atoms with van der Waals surface area (Å²) >= 11 is 14.7. The van der Waals surface area contributed by atoms with Crippen molar-refractivity contribution in [1.82, 2.24) is 4.90 Å². The molecule has 2 heterocycles. The predicted octanol–water partition coefficient (Wildman–Crippen LogP) is 7.71. The summed E-state index contributed by atoms with van der Waals surface area (Å²) in [5.74, 6) is -0.142. The van der Waals surface area contributed by atoms with E-state index in [0.29, 0.717) is 27.2 Å². The molecule has 3 aromatic rings. The summed E-state index contributed by atoms with van der Waals surface area (Å²) in [7, 11) is 0. The molecule has 5 rings (SSSR count). The lowest BCUT2D eigenvalue weighted by molar-refractivity contribution is -0.123. The van der Waals surface area contributed by atoms with E-state index in [-0.39, 0.29) is 18.2 Å². The fourth-order valence-corrected chi connectivity index (χ4v) is 6.70. The van der Waals surface area contributed by atoms with Gasteiger partial charge in [-0.2, -0.15) is 0 Å².